The maximum atomic E-state index is 12.7. The topological polar surface area (TPSA) is 143 Å². The van der Waals surface area contributed by atoms with Crippen LogP contribution >= 0.6 is 0 Å². The minimum absolute atomic E-state index is 0.0417. The molecule has 0 unspecified atom stereocenters. The number of para-hydroxylation sites is 1. The fourth-order valence-electron chi connectivity index (χ4n) is 5.42. The zero-order valence-electron chi connectivity index (χ0n) is 24.4. The highest BCUT2D eigenvalue weighted by Crippen LogP contribution is 2.28. The second-order valence-electron chi connectivity index (χ2n) is 11.0. The van der Waals surface area contributed by atoms with Crippen LogP contribution in [0.2, 0.25) is 0 Å². The summed E-state index contributed by atoms with van der Waals surface area (Å²) in [5.74, 6) is 0.540. The fraction of sp³-hybridized carbons (Fsp3) is 0.200. The maximum Gasteiger partial charge on any atom is 0.337 e. The van der Waals surface area contributed by atoms with Gasteiger partial charge >= 0.3 is 5.97 Å². The zero-order chi connectivity index (χ0) is 31.2. The fourth-order valence-corrected chi connectivity index (χ4v) is 5.42. The van der Waals surface area contributed by atoms with Gasteiger partial charge in [0.25, 0.3) is 5.91 Å². The van der Waals surface area contributed by atoms with E-state index in [-0.39, 0.29) is 41.6 Å². The second-order valence-corrected chi connectivity index (χ2v) is 11.0. The van der Waals surface area contributed by atoms with Crippen LogP contribution in [0.1, 0.15) is 52.0 Å². The number of hydrogen-bond donors (Lipinski definition) is 4. The van der Waals surface area contributed by atoms with E-state index in [4.69, 9.17) is 9.47 Å². The molecule has 1 fully saturated rings. The number of carboxylic acids is 1. The third-order valence-corrected chi connectivity index (χ3v) is 7.77. The molecule has 0 radical (unpaired) electrons. The lowest BCUT2D eigenvalue weighted by atomic mass is 9.92. The van der Waals surface area contributed by atoms with Gasteiger partial charge in [0.1, 0.15) is 17.2 Å². The molecule has 2 amide bonds. The number of carbonyl (C=O) groups excluding carboxylic acids is 2. The van der Waals surface area contributed by atoms with Crippen LogP contribution in [0.5, 0.6) is 17.2 Å². The summed E-state index contributed by atoms with van der Waals surface area (Å²) in [6.45, 7) is 0. The standard InChI is InChI=1S/C35H32N4O6/c40-33(39-30-4-2-1-3-29(30)35(42)43)19-22-5-10-25(11-6-22)44-27-14-16-28(17-15-27)45-26-12-8-24(9-13-26)38-34(41)23-7-18-31-32(20-23)37-21-36-31/h1-7,10-11,14-18,20-21,24,26H,8-9,12-13,19H2,(H,36,37)(H,38,41)(H,39,40)(H,42,43). The van der Waals surface area contributed by atoms with Crippen molar-refractivity contribution >= 4 is 34.5 Å². The molecule has 1 saturated carbocycles. The number of hydrogen-bond acceptors (Lipinski definition) is 6. The Morgan fingerprint density at radius 1 is 0.844 bits per heavy atom. The summed E-state index contributed by atoms with van der Waals surface area (Å²) >= 11 is 0. The van der Waals surface area contributed by atoms with Crippen molar-refractivity contribution in [2.75, 3.05) is 5.32 Å². The van der Waals surface area contributed by atoms with Crippen LogP contribution < -0.4 is 20.1 Å². The van der Waals surface area contributed by atoms with Gasteiger partial charge in [-0.3, -0.25) is 9.59 Å². The summed E-state index contributed by atoms with van der Waals surface area (Å²) in [5, 5.41) is 15.1. The number of anilines is 1. The molecule has 1 aromatic heterocycles. The minimum Gasteiger partial charge on any atom is -0.490 e. The predicted molar refractivity (Wildman–Crippen MR) is 169 cm³/mol. The van der Waals surface area contributed by atoms with E-state index in [1.54, 1.807) is 54.9 Å². The second kappa shape index (κ2) is 13.3. The molecule has 45 heavy (non-hydrogen) atoms. The van der Waals surface area contributed by atoms with Crippen LogP contribution in [0.15, 0.2) is 97.3 Å². The van der Waals surface area contributed by atoms with Crippen molar-refractivity contribution in [2.24, 2.45) is 0 Å². The number of carbonyl (C=O) groups is 3. The first kappa shape index (κ1) is 29.4. The molecule has 1 aliphatic rings. The summed E-state index contributed by atoms with van der Waals surface area (Å²) < 4.78 is 12.2. The molecule has 0 saturated heterocycles. The van der Waals surface area contributed by atoms with E-state index in [0.29, 0.717) is 17.1 Å². The van der Waals surface area contributed by atoms with Crippen LogP contribution in [0.25, 0.3) is 11.0 Å². The lowest BCUT2D eigenvalue weighted by Crippen LogP contribution is -2.39. The molecule has 0 aliphatic heterocycles. The van der Waals surface area contributed by atoms with Crippen LogP contribution in [-0.4, -0.2) is 45.0 Å². The molecule has 1 aliphatic carbocycles. The van der Waals surface area contributed by atoms with Crippen molar-refractivity contribution in [3.8, 4) is 17.2 Å². The summed E-state index contributed by atoms with van der Waals surface area (Å²) in [4.78, 5) is 43.8. The Morgan fingerprint density at radius 2 is 1.53 bits per heavy atom. The van der Waals surface area contributed by atoms with E-state index in [2.05, 4.69) is 20.6 Å². The highest BCUT2D eigenvalue weighted by Gasteiger charge is 2.24. The van der Waals surface area contributed by atoms with Gasteiger partial charge in [-0.25, -0.2) is 9.78 Å². The third kappa shape index (κ3) is 7.48. The molecular weight excluding hydrogens is 572 g/mol. The van der Waals surface area contributed by atoms with Crippen molar-refractivity contribution in [3.05, 3.63) is 114 Å². The normalized spacial score (nSPS) is 16.1. The van der Waals surface area contributed by atoms with Crippen LogP contribution in [0.4, 0.5) is 5.69 Å². The van der Waals surface area contributed by atoms with Gasteiger partial charge in [0.15, 0.2) is 0 Å². The van der Waals surface area contributed by atoms with E-state index in [9.17, 15) is 19.5 Å². The van der Waals surface area contributed by atoms with Gasteiger partial charge in [0, 0.05) is 11.6 Å². The Morgan fingerprint density at radius 3 is 2.27 bits per heavy atom. The summed E-state index contributed by atoms with van der Waals surface area (Å²) in [5.41, 5.74) is 3.36. The molecule has 10 nitrogen and oxygen atoms in total. The van der Waals surface area contributed by atoms with Crippen LogP contribution in [0.3, 0.4) is 0 Å². The molecule has 4 aromatic carbocycles. The molecule has 10 heteroatoms. The molecule has 0 bridgehead atoms. The molecular formula is C35H32N4O6. The number of benzene rings is 4. The Kier molecular flexibility index (Phi) is 8.72. The van der Waals surface area contributed by atoms with E-state index in [1.165, 1.54) is 6.07 Å². The Balaban J connectivity index is 0.942. The van der Waals surface area contributed by atoms with Crippen molar-refractivity contribution in [3.63, 3.8) is 0 Å². The predicted octanol–water partition coefficient (Wildman–Crippen LogP) is 6.35. The Hall–Kier alpha value is -5.64. The van der Waals surface area contributed by atoms with Gasteiger partial charge in [-0.2, -0.15) is 0 Å². The number of aromatic carboxylic acids is 1. The number of aromatic nitrogens is 2. The van der Waals surface area contributed by atoms with E-state index >= 15 is 0 Å². The van der Waals surface area contributed by atoms with Crippen molar-refractivity contribution in [2.45, 2.75) is 44.2 Å². The van der Waals surface area contributed by atoms with Gasteiger partial charge in [-0.1, -0.05) is 24.3 Å². The first-order chi connectivity index (χ1) is 21.9. The van der Waals surface area contributed by atoms with E-state index < -0.39 is 5.97 Å². The number of nitrogens with zero attached hydrogens (tertiary/aromatic N) is 1. The van der Waals surface area contributed by atoms with Crippen molar-refractivity contribution in [1.29, 1.82) is 0 Å². The SMILES string of the molecule is O=C(Cc1ccc(Oc2ccc(OC3CCC(NC(=O)c4ccc5nc[nH]c5c4)CC3)cc2)cc1)Nc1ccccc1C(=O)O. The molecule has 4 N–H and O–H groups in total. The van der Waals surface area contributed by atoms with Crippen molar-refractivity contribution < 1.29 is 29.0 Å². The average molecular weight is 605 g/mol. The molecule has 1 heterocycles. The highest BCUT2D eigenvalue weighted by atomic mass is 16.5. The number of ether oxygens (including phenoxy) is 2. The third-order valence-electron chi connectivity index (χ3n) is 7.77. The minimum atomic E-state index is -1.10. The number of H-pyrrole nitrogens is 1. The smallest absolute Gasteiger partial charge is 0.337 e. The number of carboxylic acid groups (broad SMARTS) is 1. The Labute approximate surface area is 259 Å². The van der Waals surface area contributed by atoms with Gasteiger partial charge in [-0.15, -0.1) is 0 Å². The molecule has 0 spiro atoms. The van der Waals surface area contributed by atoms with Gasteiger partial charge in [-0.05, 0) is 98.0 Å². The van der Waals surface area contributed by atoms with Gasteiger partial charge < -0.3 is 30.2 Å². The quantitative estimate of drug-likeness (QED) is 0.145. The molecule has 5 aromatic rings. The molecule has 0 atom stereocenters. The van der Waals surface area contributed by atoms with Gasteiger partial charge in [0.2, 0.25) is 5.91 Å². The lowest BCUT2D eigenvalue weighted by molar-refractivity contribution is -0.115. The lowest BCUT2D eigenvalue weighted by Gasteiger charge is -2.29. The van der Waals surface area contributed by atoms with Gasteiger partial charge in [0.05, 0.1) is 41.1 Å². The van der Waals surface area contributed by atoms with E-state index in [0.717, 1.165) is 48.0 Å². The highest BCUT2D eigenvalue weighted by molar-refractivity contribution is 6.01. The number of nitrogens with one attached hydrogen (secondary N) is 3. The number of imidazole rings is 1. The first-order valence-corrected chi connectivity index (χ1v) is 14.8. The number of fused-ring (bicyclic) bond motifs is 1. The number of rotatable bonds is 10. The summed E-state index contributed by atoms with van der Waals surface area (Å²) in [7, 11) is 0. The zero-order valence-corrected chi connectivity index (χ0v) is 24.4. The van der Waals surface area contributed by atoms with Crippen LogP contribution in [-0.2, 0) is 11.2 Å². The Bertz CT molecular complexity index is 1810. The van der Waals surface area contributed by atoms with E-state index in [1.807, 2.05) is 36.4 Å². The van der Waals surface area contributed by atoms with Crippen LogP contribution in [0, 0.1) is 0 Å². The van der Waals surface area contributed by atoms with Crippen molar-refractivity contribution in [1.82, 2.24) is 15.3 Å². The number of amides is 2. The monoisotopic (exact) mass is 604 g/mol. The molecule has 6 rings (SSSR count). The average Bonchev–Trinajstić information content (AvgIpc) is 3.52. The number of aromatic amines is 1. The maximum absolute atomic E-state index is 12.7. The first-order valence-electron chi connectivity index (χ1n) is 14.8. The summed E-state index contributed by atoms with van der Waals surface area (Å²) in [6.07, 6.45) is 5.17. The summed E-state index contributed by atoms with van der Waals surface area (Å²) in [6, 6.07) is 26.5. The molecule has 228 valence electrons. The largest absolute Gasteiger partial charge is 0.490 e.